The van der Waals surface area contributed by atoms with Gasteiger partial charge in [0.05, 0.1) is 11.3 Å². The van der Waals surface area contributed by atoms with Crippen molar-refractivity contribution in [2.75, 3.05) is 0 Å². The van der Waals surface area contributed by atoms with Gasteiger partial charge in [0.2, 0.25) is 5.78 Å². The van der Waals surface area contributed by atoms with E-state index in [0.717, 1.165) is 12.1 Å². The second kappa shape index (κ2) is 5.12. The zero-order valence-corrected chi connectivity index (χ0v) is 10.5. The molecule has 1 aromatic carbocycles. The van der Waals surface area contributed by atoms with Crippen molar-refractivity contribution < 1.29 is 9.18 Å². The zero-order valence-electron chi connectivity index (χ0n) is 10.5. The van der Waals surface area contributed by atoms with Crippen LogP contribution in [0.4, 0.5) is 4.39 Å². The van der Waals surface area contributed by atoms with Crippen LogP contribution in [0.2, 0.25) is 0 Å². The van der Waals surface area contributed by atoms with E-state index in [4.69, 9.17) is 0 Å². The summed E-state index contributed by atoms with van der Waals surface area (Å²) in [5.74, 6) is -0.813. The third-order valence-corrected chi connectivity index (χ3v) is 2.84. The number of hydrogen-bond donors (Lipinski definition) is 0. The quantitative estimate of drug-likeness (QED) is 0.777. The lowest BCUT2D eigenvalue weighted by molar-refractivity contribution is 0.102. The molecule has 0 aliphatic heterocycles. The minimum absolute atomic E-state index is 0.0924. The number of nitrogens with zero attached hydrogens (tertiary/aromatic N) is 2. The van der Waals surface area contributed by atoms with Crippen LogP contribution in [-0.2, 0) is 13.0 Å². The van der Waals surface area contributed by atoms with E-state index in [9.17, 15) is 9.18 Å². The van der Waals surface area contributed by atoms with E-state index in [2.05, 4.69) is 5.10 Å². The van der Waals surface area contributed by atoms with Crippen LogP contribution < -0.4 is 0 Å². The number of carbonyl (C=O) groups is 1. The third kappa shape index (κ3) is 2.18. The highest BCUT2D eigenvalue weighted by Gasteiger charge is 2.18. The molecule has 0 saturated heterocycles. The van der Waals surface area contributed by atoms with Gasteiger partial charge in [-0.2, -0.15) is 5.10 Å². The van der Waals surface area contributed by atoms with Gasteiger partial charge >= 0.3 is 0 Å². The van der Waals surface area contributed by atoms with E-state index in [-0.39, 0.29) is 11.3 Å². The Kier molecular flexibility index (Phi) is 3.55. The van der Waals surface area contributed by atoms with Gasteiger partial charge in [0, 0.05) is 6.54 Å². The van der Waals surface area contributed by atoms with Gasteiger partial charge in [0.25, 0.3) is 0 Å². The molecule has 18 heavy (non-hydrogen) atoms. The molecule has 1 aromatic heterocycles. The highest BCUT2D eigenvalue weighted by molar-refractivity contribution is 6.08. The van der Waals surface area contributed by atoms with Crippen molar-refractivity contribution in [1.82, 2.24) is 9.78 Å². The highest BCUT2D eigenvalue weighted by Crippen LogP contribution is 2.15. The molecule has 0 N–H and O–H groups in total. The molecular formula is C14H15FN2O. The first-order valence-electron chi connectivity index (χ1n) is 6.03. The zero-order chi connectivity index (χ0) is 13.1. The minimum atomic E-state index is -0.496. The van der Waals surface area contributed by atoms with Gasteiger partial charge in [-0.1, -0.05) is 19.1 Å². The maximum absolute atomic E-state index is 13.6. The second-order valence-corrected chi connectivity index (χ2v) is 4.00. The van der Waals surface area contributed by atoms with Crippen molar-refractivity contribution in [3.63, 3.8) is 0 Å². The van der Waals surface area contributed by atoms with Crippen LogP contribution in [0, 0.1) is 5.82 Å². The van der Waals surface area contributed by atoms with E-state index in [1.807, 2.05) is 13.8 Å². The van der Waals surface area contributed by atoms with Crippen LogP contribution in [0.5, 0.6) is 0 Å². The van der Waals surface area contributed by atoms with Crippen molar-refractivity contribution >= 4 is 5.78 Å². The predicted octanol–water partition coefficient (Wildman–Crippen LogP) is 2.84. The van der Waals surface area contributed by atoms with Gasteiger partial charge in [-0.25, -0.2) is 4.39 Å². The average Bonchev–Trinajstić information content (AvgIpc) is 2.82. The summed E-state index contributed by atoms with van der Waals surface area (Å²) >= 11 is 0. The Bertz CT molecular complexity index is 575. The lowest BCUT2D eigenvalue weighted by Crippen LogP contribution is -2.11. The van der Waals surface area contributed by atoms with E-state index in [1.165, 1.54) is 12.1 Å². The summed E-state index contributed by atoms with van der Waals surface area (Å²) in [6, 6.07) is 7.75. The van der Waals surface area contributed by atoms with Gasteiger partial charge < -0.3 is 0 Å². The summed E-state index contributed by atoms with van der Waals surface area (Å²) in [5.41, 5.74) is 1.38. The Balaban J connectivity index is 2.46. The predicted molar refractivity (Wildman–Crippen MR) is 67.1 cm³/mol. The SMILES string of the molecule is CCc1cc(C(=O)c2ccccc2F)n(CC)n1. The van der Waals surface area contributed by atoms with Crippen LogP contribution in [0.1, 0.15) is 35.6 Å². The maximum atomic E-state index is 13.6. The molecule has 0 saturated carbocycles. The Morgan fingerprint density at radius 3 is 2.67 bits per heavy atom. The summed E-state index contributed by atoms with van der Waals surface area (Å²) in [5, 5.41) is 4.30. The van der Waals surface area contributed by atoms with Crippen molar-refractivity contribution in [1.29, 1.82) is 0 Å². The molecular weight excluding hydrogens is 231 g/mol. The van der Waals surface area contributed by atoms with Gasteiger partial charge in [0.1, 0.15) is 11.5 Å². The molecule has 2 aromatic rings. The summed E-state index contributed by atoms with van der Waals surface area (Å²) in [6.07, 6.45) is 0.755. The molecule has 0 aliphatic carbocycles. The smallest absolute Gasteiger partial charge is 0.213 e. The van der Waals surface area contributed by atoms with Crippen LogP contribution >= 0.6 is 0 Å². The fraction of sp³-hybridized carbons (Fsp3) is 0.286. The van der Waals surface area contributed by atoms with E-state index in [0.29, 0.717) is 12.2 Å². The highest BCUT2D eigenvalue weighted by atomic mass is 19.1. The number of aromatic nitrogens is 2. The van der Waals surface area contributed by atoms with E-state index in [1.54, 1.807) is 22.9 Å². The fourth-order valence-corrected chi connectivity index (χ4v) is 1.85. The van der Waals surface area contributed by atoms with Crippen LogP contribution in [0.3, 0.4) is 0 Å². The average molecular weight is 246 g/mol. The Morgan fingerprint density at radius 1 is 1.33 bits per heavy atom. The number of hydrogen-bond acceptors (Lipinski definition) is 2. The van der Waals surface area contributed by atoms with Gasteiger partial charge in [-0.3, -0.25) is 9.48 Å². The van der Waals surface area contributed by atoms with Gasteiger partial charge in [0.15, 0.2) is 0 Å². The van der Waals surface area contributed by atoms with Crippen molar-refractivity contribution in [2.24, 2.45) is 0 Å². The Morgan fingerprint density at radius 2 is 2.06 bits per heavy atom. The number of aryl methyl sites for hydroxylation is 2. The normalized spacial score (nSPS) is 10.6. The molecule has 0 atom stereocenters. The number of benzene rings is 1. The standard InChI is InChI=1S/C14H15FN2O/c1-3-10-9-13(17(4-2)16-10)14(18)11-7-5-6-8-12(11)15/h5-9H,3-4H2,1-2H3. The number of ketones is 1. The molecule has 0 bridgehead atoms. The number of carbonyl (C=O) groups excluding carboxylic acids is 1. The first-order valence-corrected chi connectivity index (χ1v) is 6.03. The van der Waals surface area contributed by atoms with Crippen LogP contribution in [-0.4, -0.2) is 15.6 Å². The topological polar surface area (TPSA) is 34.9 Å². The lowest BCUT2D eigenvalue weighted by Gasteiger charge is -2.04. The first kappa shape index (κ1) is 12.5. The van der Waals surface area contributed by atoms with Crippen molar-refractivity contribution in [3.8, 4) is 0 Å². The summed E-state index contributed by atoms with van der Waals surface area (Å²) in [7, 11) is 0. The molecule has 1 heterocycles. The van der Waals surface area contributed by atoms with Crippen molar-refractivity contribution in [3.05, 3.63) is 53.1 Å². The minimum Gasteiger partial charge on any atom is -0.287 e. The summed E-state index contributed by atoms with van der Waals surface area (Å²) < 4.78 is 15.2. The molecule has 0 unspecified atom stereocenters. The molecule has 3 nitrogen and oxygen atoms in total. The third-order valence-electron chi connectivity index (χ3n) is 2.84. The van der Waals surface area contributed by atoms with E-state index >= 15 is 0 Å². The van der Waals surface area contributed by atoms with Gasteiger partial charge in [-0.15, -0.1) is 0 Å². The molecule has 0 radical (unpaired) electrons. The lowest BCUT2D eigenvalue weighted by atomic mass is 10.1. The largest absolute Gasteiger partial charge is 0.287 e. The van der Waals surface area contributed by atoms with Crippen LogP contribution in [0.25, 0.3) is 0 Å². The molecule has 0 amide bonds. The first-order chi connectivity index (χ1) is 8.67. The molecule has 0 spiro atoms. The van der Waals surface area contributed by atoms with Crippen molar-refractivity contribution in [2.45, 2.75) is 26.8 Å². The number of halogens is 1. The van der Waals surface area contributed by atoms with Crippen LogP contribution in [0.15, 0.2) is 30.3 Å². The second-order valence-electron chi connectivity index (χ2n) is 4.00. The Hall–Kier alpha value is -1.97. The molecule has 0 fully saturated rings. The monoisotopic (exact) mass is 246 g/mol. The fourth-order valence-electron chi connectivity index (χ4n) is 1.85. The van der Waals surface area contributed by atoms with Gasteiger partial charge in [-0.05, 0) is 31.5 Å². The molecule has 94 valence electrons. The molecule has 4 heteroatoms. The van der Waals surface area contributed by atoms with E-state index < -0.39 is 5.82 Å². The summed E-state index contributed by atoms with van der Waals surface area (Å²) in [4.78, 5) is 12.3. The molecule has 2 rings (SSSR count). The molecule has 0 aliphatic rings. The number of rotatable bonds is 4. The Labute approximate surface area is 105 Å². The maximum Gasteiger partial charge on any atom is 0.213 e. The summed E-state index contributed by atoms with van der Waals surface area (Å²) in [6.45, 7) is 4.47.